The molecular weight excluding hydrogens is 250 g/mol. The van der Waals surface area contributed by atoms with Gasteiger partial charge in [-0.2, -0.15) is 0 Å². The summed E-state index contributed by atoms with van der Waals surface area (Å²) in [5, 5.41) is 5.04. The van der Waals surface area contributed by atoms with Crippen LogP contribution in [0.4, 0.5) is 5.82 Å². The molecule has 0 amide bonds. The Labute approximate surface area is 108 Å². The molecule has 1 atom stereocenters. The summed E-state index contributed by atoms with van der Waals surface area (Å²) in [4.78, 5) is 6.30. The molecule has 6 heteroatoms. The second kappa shape index (κ2) is 4.20. The van der Waals surface area contributed by atoms with Crippen LogP contribution in [-0.2, 0) is 10.0 Å². The molecule has 0 bridgehead atoms. The minimum absolute atomic E-state index is 0.0462. The Kier molecular flexibility index (Phi) is 3.11. The molecule has 2 rings (SSSR count). The van der Waals surface area contributed by atoms with E-state index in [1.165, 1.54) is 25.1 Å². The van der Waals surface area contributed by atoms with Crippen LogP contribution in [-0.4, -0.2) is 26.5 Å². The predicted octanol–water partition coefficient (Wildman–Crippen LogP) is 1.35. The Bertz CT molecular complexity index is 535. The average molecular weight is 269 g/mol. The summed E-state index contributed by atoms with van der Waals surface area (Å²) in [6, 6.07) is 3.57. The van der Waals surface area contributed by atoms with Crippen LogP contribution in [0.5, 0.6) is 0 Å². The highest BCUT2D eigenvalue weighted by Gasteiger charge is 2.44. The number of primary sulfonamides is 1. The molecule has 1 aliphatic rings. The van der Waals surface area contributed by atoms with Crippen LogP contribution in [0.1, 0.15) is 26.7 Å². The van der Waals surface area contributed by atoms with Crippen molar-refractivity contribution in [2.45, 2.75) is 37.6 Å². The first kappa shape index (κ1) is 13.3. The lowest BCUT2D eigenvalue weighted by atomic mass is 9.99. The maximum atomic E-state index is 11.1. The van der Waals surface area contributed by atoms with E-state index in [9.17, 15) is 8.42 Å². The fraction of sp³-hybridized carbons (Fsp3) is 0.583. The Balaban J connectivity index is 2.19. The van der Waals surface area contributed by atoms with Gasteiger partial charge in [-0.15, -0.1) is 0 Å². The van der Waals surface area contributed by atoms with Crippen molar-refractivity contribution in [2.75, 3.05) is 11.9 Å². The average Bonchev–Trinajstić information content (AvgIpc) is 3.06. The summed E-state index contributed by atoms with van der Waals surface area (Å²) in [6.45, 7) is 4.43. The highest BCUT2D eigenvalue weighted by atomic mass is 32.2. The predicted molar refractivity (Wildman–Crippen MR) is 70.8 cm³/mol. The SMILES string of the molecule is CC(N(C)c1ccc(S(N)(=O)=O)cn1)C1(C)CC1. The van der Waals surface area contributed by atoms with Crippen molar-refractivity contribution in [2.24, 2.45) is 10.6 Å². The number of rotatable bonds is 4. The van der Waals surface area contributed by atoms with E-state index in [1.54, 1.807) is 6.07 Å². The number of hydrogen-bond acceptors (Lipinski definition) is 4. The minimum atomic E-state index is -3.66. The summed E-state index contributed by atoms with van der Waals surface area (Å²) in [5.41, 5.74) is 0.356. The van der Waals surface area contributed by atoms with Crippen LogP contribution in [0.2, 0.25) is 0 Å². The Morgan fingerprint density at radius 3 is 2.44 bits per heavy atom. The van der Waals surface area contributed by atoms with Crippen molar-refractivity contribution in [3.63, 3.8) is 0 Å². The largest absolute Gasteiger partial charge is 0.356 e. The number of sulfonamides is 1. The van der Waals surface area contributed by atoms with Crippen molar-refractivity contribution in [1.29, 1.82) is 0 Å². The van der Waals surface area contributed by atoms with Gasteiger partial charge in [0.05, 0.1) is 0 Å². The number of nitrogens with zero attached hydrogens (tertiary/aromatic N) is 2. The molecule has 1 heterocycles. The molecule has 0 saturated heterocycles. The van der Waals surface area contributed by atoms with Gasteiger partial charge in [-0.1, -0.05) is 6.92 Å². The Morgan fingerprint density at radius 1 is 1.44 bits per heavy atom. The molecule has 1 saturated carbocycles. The number of aromatic nitrogens is 1. The summed E-state index contributed by atoms with van der Waals surface area (Å²) < 4.78 is 22.3. The zero-order valence-corrected chi connectivity index (χ0v) is 11.7. The summed E-state index contributed by atoms with van der Waals surface area (Å²) in [6.07, 6.45) is 3.77. The van der Waals surface area contributed by atoms with E-state index in [0.29, 0.717) is 11.5 Å². The Morgan fingerprint density at radius 2 is 2.06 bits per heavy atom. The molecule has 0 aromatic carbocycles. The highest BCUT2D eigenvalue weighted by molar-refractivity contribution is 7.89. The zero-order valence-electron chi connectivity index (χ0n) is 10.9. The third kappa shape index (κ3) is 2.49. The van der Waals surface area contributed by atoms with Gasteiger partial charge in [0.2, 0.25) is 10.0 Å². The number of nitrogens with two attached hydrogens (primary N) is 1. The van der Waals surface area contributed by atoms with Gasteiger partial charge in [-0.05, 0) is 37.3 Å². The van der Waals surface area contributed by atoms with Gasteiger partial charge in [0.25, 0.3) is 0 Å². The van der Waals surface area contributed by atoms with E-state index in [-0.39, 0.29) is 4.90 Å². The number of pyridine rings is 1. The topological polar surface area (TPSA) is 76.3 Å². The number of hydrogen-bond donors (Lipinski definition) is 1. The molecular formula is C12H19N3O2S. The minimum Gasteiger partial charge on any atom is -0.356 e. The lowest BCUT2D eigenvalue weighted by Gasteiger charge is -2.31. The van der Waals surface area contributed by atoms with Gasteiger partial charge < -0.3 is 4.90 Å². The quantitative estimate of drug-likeness (QED) is 0.895. The van der Waals surface area contributed by atoms with Crippen LogP contribution in [0.15, 0.2) is 23.2 Å². The van der Waals surface area contributed by atoms with Crippen LogP contribution < -0.4 is 10.0 Å². The van der Waals surface area contributed by atoms with Crippen molar-refractivity contribution in [3.8, 4) is 0 Å². The first-order valence-electron chi connectivity index (χ1n) is 5.96. The molecule has 0 aliphatic heterocycles. The van der Waals surface area contributed by atoms with Crippen LogP contribution in [0, 0.1) is 5.41 Å². The van der Waals surface area contributed by atoms with E-state index < -0.39 is 10.0 Å². The van der Waals surface area contributed by atoms with Crippen molar-refractivity contribution in [1.82, 2.24) is 4.98 Å². The molecule has 1 aliphatic carbocycles. The fourth-order valence-corrected chi connectivity index (χ4v) is 2.49. The molecule has 0 radical (unpaired) electrons. The first-order valence-corrected chi connectivity index (χ1v) is 7.50. The molecule has 18 heavy (non-hydrogen) atoms. The maximum absolute atomic E-state index is 11.1. The molecule has 1 fully saturated rings. The normalized spacial score (nSPS) is 19.3. The van der Waals surface area contributed by atoms with E-state index in [0.717, 1.165) is 5.82 Å². The van der Waals surface area contributed by atoms with Gasteiger partial charge in [-0.25, -0.2) is 18.5 Å². The van der Waals surface area contributed by atoms with Crippen molar-refractivity contribution >= 4 is 15.8 Å². The molecule has 2 N–H and O–H groups in total. The third-order valence-electron chi connectivity index (χ3n) is 4.04. The number of anilines is 1. The maximum Gasteiger partial charge on any atom is 0.239 e. The van der Waals surface area contributed by atoms with E-state index in [1.807, 2.05) is 7.05 Å². The Hall–Kier alpha value is -1.14. The van der Waals surface area contributed by atoms with E-state index >= 15 is 0 Å². The monoisotopic (exact) mass is 269 g/mol. The molecule has 100 valence electrons. The molecule has 1 aromatic rings. The van der Waals surface area contributed by atoms with Gasteiger partial charge in [0, 0.05) is 19.3 Å². The fourth-order valence-electron chi connectivity index (χ4n) is 2.03. The van der Waals surface area contributed by atoms with Crippen LogP contribution in [0.25, 0.3) is 0 Å². The van der Waals surface area contributed by atoms with E-state index in [4.69, 9.17) is 5.14 Å². The zero-order chi connectivity index (χ0) is 13.6. The summed E-state index contributed by atoms with van der Waals surface area (Å²) >= 11 is 0. The summed E-state index contributed by atoms with van der Waals surface area (Å²) in [7, 11) is -1.68. The lowest BCUT2D eigenvalue weighted by Crippen LogP contribution is -2.36. The van der Waals surface area contributed by atoms with Gasteiger partial charge in [-0.3, -0.25) is 0 Å². The van der Waals surface area contributed by atoms with Crippen molar-refractivity contribution < 1.29 is 8.42 Å². The molecule has 5 nitrogen and oxygen atoms in total. The molecule has 1 unspecified atom stereocenters. The standard InChI is InChI=1S/C12H19N3O2S/c1-9(12(2)6-7-12)15(3)11-5-4-10(8-14-11)18(13,16)17/h4-5,8-9H,6-7H2,1-3H3,(H2,13,16,17). The van der Waals surface area contributed by atoms with Crippen LogP contribution >= 0.6 is 0 Å². The second-order valence-electron chi connectivity index (χ2n) is 5.34. The van der Waals surface area contributed by atoms with Gasteiger partial charge >= 0.3 is 0 Å². The van der Waals surface area contributed by atoms with E-state index in [2.05, 4.69) is 23.7 Å². The highest BCUT2D eigenvalue weighted by Crippen LogP contribution is 2.49. The van der Waals surface area contributed by atoms with Gasteiger partial charge in [0.15, 0.2) is 0 Å². The van der Waals surface area contributed by atoms with Crippen molar-refractivity contribution in [3.05, 3.63) is 18.3 Å². The molecule has 0 spiro atoms. The third-order valence-corrected chi connectivity index (χ3v) is 4.94. The molecule has 1 aromatic heterocycles. The lowest BCUT2D eigenvalue weighted by molar-refractivity contribution is 0.445. The second-order valence-corrected chi connectivity index (χ2v) is 6.90. The van der Waals surface area contributed by atoms with Gasteiger partial charge in [0.1, 0.15) is 10.7 Å². The van der Waals surface area contributed by atoms with Crippen LogP contribution in [0.3, 0.4) is 0 Å². The smallest absolute Gasteiger partial charge is 0.239 e. The summed E-state index contributed by atoms with van der Waals surface area (Å²) in [5.74, 6) is 0.767. The first-order chi connectivity index (χ1) is 8.24.